The van der Waals surface area contributed by atoms with E-state index < -0.39 is 0 Å². The van der Waals surface area contributed by atoms with Gasteiger partial charge in [0.15, 0.2) is 0 Å². The molecule has 3 nitrogen and oxygen atoms in total. The first-order valence-corrected chi connectivity index (χ1v) is 6.61. The van der Waals surface area contributed by atoms with Crippen LogP contribution < -0.4 is 10.1 Å². The van der Waals surface area contributed by atoms with Crippen molar-refractivity contribution in [2.45, 2.75) is 13.5 Å². The van der Waals surface area contributed by atoms with E-state index in [4.69, 9.17) is 9.84 Å². The molecule has 0 amide bonds. The van der Waals surface area contributed by atoms with Crippen LogP contribution in [0.1, 0.15) is 12.5 Å². The van der Waals surface area contributed by atoms with E-state index in [1.165, 1.54) is 16.3 Å². The maximum absolute atomic E-state index is 8.97. The highest BCUT2D eigenvalue weighted by atomic mass is 16.5. The summed E-state index contributed by atoms with van der Waals surface area (Å²) in [6.45, 7) is 3.91. The Balaban J connectivity index is 2.05. The van der Waals surface area contributed by atoms with Gasteiger partial charge in [0.25, 0.3) is 0 Å². The quantitative estimate of drug-likeness (QED) is 0.837. The maximum Gasteiger partial charge on any atom is 0.119 e. The Labute approximate surface area is 114 Å². The van der Waals surface area contributed by atoms with Crippen LogP contribution in [0.15, 0.2) is 36.4 Å². The summed E-state index contributed by atoms with van der Waals surface area (Å²) in [5, 5.41) is 14.7. The molecule has 1 atom stereocenters. The van der Waals surface area contributed by atoms with Gasteiger partial charge in [0.2, 0.25) is 0 Å². The highest BCUT2D eigenvalue weighted by molar-refractivity contribution is 5.84. The Morgan fingerprint density at radius 3 is 2.63 bits per heavy atom. The van der Waals surface area contributed by atoms with Crippen LogP contribution in [0.3, 0.4) is 0 Å². The SMILES string of the molecule is COc1ccc2cc(CNCC(C)CO)ccc2c1. The third kappa shape index (κ3) is 3.69. The van der Waals surface area contributed by atoms with Gasteiger partial charge in [0, 0.05) is 19.7 Å². The summed E-state index contributed by atoms with van der Waals surface area (Å²) in [4.78, 5) is 0. The number of aliphatic hydroxyl groups is 1. The minimum atomic E-state index is 0.227. The summed E-state index contributed by atoms with van der Waals surface area (Å²) in [5.74, 6) is 1.18. The lowest BCUT2D eigenvalue weighted by Crippen LogP contribution is -2.22. The molecule has 3 heteroatoms. The molecule has 2 aromatic carbocycles. The van der Waals surface area contributed by atoms with E-state index in [1.807, 2.05) is 19.1 Å². The van der Waals surface area contributed by atoms with Crippen molar-refractivity contribution >= 4 is 10.8 Å². The van der Waals surface area contributed by atoms with Crippen molar-refractivity contribution in [2.75, 3.05) is 20.3 Å². The van der Waals surface area contributed by atoms with Gasteiger partial charge in [-0.1, -0.05) is 25.1 Å². The number of aliphatic hydroxyl groups excluding tert-OH is 1. The van der Waals surface area contributed by atoms with Crippen molar-refractivity contribution in [1.29, 1.82) is 0 Å². The first-order valence-electron chi connectivity index (χ1n) is 6.61. The Kier molecular flexibility index (Phi) is 4.77. The minimum Gasteiger partial charge on any atom is -0.497 e. The molecule has 0 bridgehead atoms. The Morgan fingerprint density at radius 2 is 1.89 bits per heavy atom. The van der Waals surface area contributed by atoms with E-state index in [2.05, 4.69) is 29.6 Å². The smallest absolute Gasteiger partial charge is 0.119 e. The van der Waals surface area contributed by atoms with Gasteiger partial charge in [-0.05, 0) is 40.5 Å². The lowest BCUT2D eigenvalue weighted by Gasteiger charge is -2.10. The molecule has 0 aromatic heterocycles. The number of hydrogen-bond acceptors (Lipinski definition) is 3. The predicted molar refractivity (Wildman–Crippen MR) is 78.5 cm³/mol. The lowest BCUT2D eigenvalue weighted by atomic mass is 10.1. The largest absolute Gasteiger partial charge is 0.497 e. The molecule has 0 aliphatic carbocycles. The second kappa shape index (κ2) is 6.55. The molecule has 2 N–H and O–H groups in total. The van der Waals surface area contributed by atoms with Crippen LogP contribution in [-0.4, -0.2) is 25.4 Å². The normalized spacial score (nSPS) is 12.6. The van der Waals surface area contributed by atoms with Crippen molar-refractivity contribution in [3.8, 4) is 5.75 Å². The number of hydrogen-bond donors (Lipinski definition) is 2. The van der Waals surface area contributed by atoms with Gasteiger partial charge in [-0.15, -0.1) is 0 Å². The molecule has 0 saturated heterocycles. The monoisotopic (exact) mass is 259 g/mol. The fourth-order valence-corrected chi connectivity index (χ4v) is 2.04. The summed E-state index contributed by atoms with van der Waals surface area (Å²) < 4.78 is 5.22. The predicted octanol–water partition coefficient (Wildman–Crippen LogP) is 2.57. The van der Waals surface area contributed by atoms with Gasteiger partial charge < -0.3 is 15.2 Å². The van der Waals surface area contributed by atoms with Crippen LogP contribution >= 0.6 is 0 Å². The molecule has 0 saturated carbocycles. The van der Waals surface area contributed by atoms with E-state index in [-0.39, 0.29) is 6.61 Å². The summed E-state index contributed by atoms with van der Waals surface area (Å²) in [6, 6.07) is 12.5. The molecule has 2 aromatic rings. The fraction of sp³-hybridized carbons (Fsp3) is 0.375. The van der Waals surface area contributed by atoms with Crippen LogP contribution in [0.5, 0.6) is 5.75 Å². The van der Waals surface area contributed by atoms with Crippen LogP contribution in [0.4, 0.5) is 0 Å². The third-order valence-corrected chi connectivity index (χ3v) is 3.25. The van der Waals surface area contributed by atoms with Crippen molar-refractivity contribution in [1.82, 2.24) is 5.32 Å². The molecule has 0 spiro atoms. The topological polar surface area (TPSA) is 41.5 Å². The van der Waals surface area contributed by atoms with Crippen LogP contribution in [-0.2, 0) is 6.54 Å². The number of rotatable bonds is 6. The first kappa shape index (κ1) is 13.8. The molecular weight excluding hydrogens is 238 g/mol. The molecule has 0 fully saturated rings. The summed E-state index contributed by atoms with van der Waals surface area (Å²) >= 11 is 0. The lowest BCUT2D eigenvalue weighted by molar-refractivity contribution is 0.233. The van der Waals surface area contributed by atoms with E-state index in [9.17, 15) is 0 Å². The minimum absolute atomic E-state index is 0.227. The van der Waals surface area contributed by atoms with Crippen LogP contribution in [0.25, 0.3) is 10.8 Å². The first-order chi connectivity index (χ1) is 9.22. The maximum atomic E-state index is 8.97. The molecule has 2 rings (SSSR count). The molecular formula is C16H21NO2. The standard InChI is InChI=1S/C16H21NO2/c1-12(11-18)9-17-10-13-3-4-15-8-16(19-2)6-5-14(15)7-13/h3-8,12,17-18H,9-11H2,1-2H3. The second-order valence-corrected chi connectivity index (χ2v) is 4.97. The molecule has 1 unspecified atom stereocenters. The van der Waals surface area contributed by atoms with Gasteiger partial charge in [0.05, 0.1) is 7.11 Å². The molecule has 0 heterocycles. The molecule has 19 heavy (non-hydrogen) atoms. The highest BCUT2D eigenvalue weighted by Gasteiger charge is 2.01. The second-order valence-electron chi connectivity index (χ2n) is 4.97. The molecule has 0 aliphatic heterocycles. The van der Waals surface area contributed by atoms with Crippen molar-refractivity contribution < 1.29 is 9.84 Å². The van der Waals surface area contributed by atoms with Gasteiger partial charge in [-0.25, -0.2) is 0 Å². The Hall–Kier alpha value is -1.58. The van der Waals surface area contributed by atoms with E-state index in [0.717, 1.165) is 18.8 Å². The highest BCUT2D eigenvalue weighted by Crippen LogP contribution is 2.21. The van der Waals surface area contributed by atoms with Crippen LogP contribution in [0, 0.1) is 5.92 Å². The fourth-order valence-electron chi connectivity index (χ4n) is 2.04. The zero-order valence-corrected chi connectivity index (χ0v) is 11.5. The van der Waals surface area contributed by atoms with E-state index in [1.54, 1.807) is 7.11 Å². The van der Waals surface area contributed by atoms with Crippen molar-refractivity contribution in [3.05, 3.63) is 42.0 Å². The molecule has 0 aliphatic rings. The molecule has 102 valence electrons. The number of ether oxygens (including phenoxy) is 1. The summed E-state index contributed by atoms with van der Waals surface area (Å²) in [7, 11) is 1.68. The van der Waals surface area contributed by atoms with Gasteiger partial charge >= 0.3 is 0 Å². The number of fused-ring (bicyclic) bond motifs is 1. The van der Waals surface area contributed by atoms with Gasteiger partial charge in [-0.3, -0.25) is 0 Å². The third-order valence-electron chi connectivity index (χ3n) is 3.25. The zero-order valence-electron chi connectivity index (χ0n) is 11.5. The number of nitrogens with one attached hydrogen (secondary N) is 1. The summed E-state index contributed by atoms with van der Waals surface area (Å²) in [6.07, 6.45) is 0. The van der Waals surface area contributed by atoms with E-state index in [0.29, 0.717) is 5.92 Å². The van der Waals surface area contributed by atoms with Crippen molar-refractivity contribution in [2.24, 2.45) is 5.92 Å². The average molecular weight is 259 g/mol. The zero-order chi connectivity index (χ0) is 13.7. The number of benzene rings is 2. The number of methoxy groups -OCH3 is 1. The van der Waals surface area contributed by atoms with Crippen LogP contribution in [0.2, 0.25) is 0 Å². The average Bonchev–Trinajstić information content (AvgIpc) is 2.46. The van der Waals surface area contributed by atoms with Crippen molar-refractivity contribution in [3.63, 3.8) is 0 Å². The summed E-state index contributed by atoms with van der Waals surface area (Å²) in [5.41, 5.74) is 1.25. The van der Waals surface area contributed by atoms with Gasteiger partial charge in [-0.2, -0.15) is 0 Å². The Morgan fingerprint density at radius 1 is 1.16 bits per heavy atom. The Bertz CT molecular complexity index is 539. The molecule has 0 radical (unpaired) electrons. The van der Waals surface area contributed by atoms with E-state index >= 15 is 0 Å². The van der Waals surface area contributed by atoms with Gasteiger partial charge in [0.1, 0.15) is 5.75 Å².